The number of anilines is 1. The maximum Gasteiger partial charge on any atom is 0.330 e. The van der Waals surface area contributed by atoms with E-state index < -0.39 is 23.0 Å². The number of aliphatic hydroxyl groups excluding tert-OH is 1. The van der Waals surface area contributed by atoms with Crippen LogP contribution in [0.15, 0.2) is 30.3 Å². The van der Waals surface area contributed by atoms with Gasteiger partial charge in [-0.15, -0.1) is 0 Å². The SMILES string of the molecule is CC(C)(CO)CCCc1ccc2cc(O)c(N3C(=O)C(=O)NS3=O)cc2c1. The van der Waals surface area contributed by atoms with Crippen molar-refractivity contribution in [3.05, 3.63) is 35.9 Å². The number of nitrogens with zero attached hydrogens (tertiary/aromatic N) is 1. The summed E-state index contributed by atoms with van der Waals surface area (Å²) in [7, 11) is 0. The van der Waals surface area contributed by atoms with Gasteiger partial charge in [-0.3, -0.25) is 9.59 Å². The summed E-state index contributed by atoms with van der Waals surface area (Å²) < 4.78 is 14.8. The number of carbonyl (C=O) groups excluding carboxylic acids is 2. The number of hydrogen-bond acceptors (Lipinski definition) is 5. The molecule has 1 saturated heterocycles. The van der Waals surface area contributed by atoms with Crippen LogP contribution in [0.1, 0.15) is 32.3 Å². The Morgan fingerprint density at radius 3 is 2.52 bits per heavy atom. The van der Waals surface area contributed by atoms with E-state index in [2.05, 4.69) is 0 Å². The van der Waals surface area contributed by atoms with E-state index in [0.29, 0.717) is 0 Å². The summed E-state index contributed by atoms with van der Waals surface area (Å²) in [5.41, 5.74) is 0.994. The first kappa shape index (κ1) is 19.3. The zero-order valence-electron chi connectivity index (χ0n) is 15.2. The minimum atomic E-state index is -2.05. The number of carbonyl (C=O) groups is 2. The predicted octanol–water partition coefficient (Wildman–Crippen LogP) is 1.93. The van der Waals surface area contributed by atoms with Crippen molar-refractivity contribution in [2.24, 2.45) is 5.41 Å². The van der Waals surface area contributed by atoms with E-state index in [0.717, 1.165) is 39.9 Å². The van der Waals surface area contributed by atoms with Gasteiger partial charge in [0.25, 0.3) is 0 Å². The highest BCUT2D eigenvalue weighted by molar-refractivity contribution is 7.87. The average molecular weight is 390 g/mol. The molecule has 1 atom stereocenters. The maximum absolute atomic E-state index is 12.0. The number of aliphatic hydroxyl groups is 1. The van der Waals surface area contributed by atoms with Gasteiger partial charge in [0, 0.05) is 6.61 Å². The molecule has 1 fully saturated rings. The van der Waals surface area contributed by atoms with Crippen molar-refractivity contribution >= 4 is 39.4 Å². The lowest BCUT2D eigenvalue weighted by atomic mass is 9.87. The van der Waals surface area contributed by atoms with Crippen LogP contribution in [0.25, 0.3) is 10.8 Å². The monoisotopic (exact) mass is 390 g/mol. The number of amides is 2. The molecule has 3 N–H and O–H groups in total. The van der Waals surface area contributed by atoms with Gasteiger partial charge in [0.05, 0.1) is 0 Å². The van der Waals surface area contributed by atoms with Gasteiger partial charge >= 0.3 is 11.8 Å². The molecule has 144 valence electrons. The molecular formula is C19H22N2O5S. The van der Waals surface area contributed by atoms with Crippen molar-refractivity contribution in [2.45, 2.75) is 33.1 Å². The van der Waals surface area contributed by atoms with E-state index >= 15 is 0 Å². The number of fused-ring (bicyclic) bond motifs is 1. The summed E-state index contributed by atoms with van der Waals surface area (Å²) >= 11 is -2.05. The summed E-state index contributed by atoms with van der Waals surface area (Å²) in [6, 6.07) is 8.83. The molecule has 2 aromatic rings. The number of phenols is 1. The molecule has 27 heavy (non-hydrogen) atoms. The van der Waals surface area contributed by atoms with Crippen LogP contribution >= 0.6 is 0 Å². The Labute approximate surface area is 159 Å². The quantitative estimate of drug-likeness (QED) is 0.654. The summed E-state index contributed by atoms with van der Waals surface area (Å²) in [6.45, 7) is 4.18. The van der Waals surface area contributed by atoms with Crippen LogP contribution in [-0.4, -0.2) is 32.8 Å². The molecule has 0 spiro atoms. The normalized spacial score (nSPS) is 17.6. The molecule has 2 amide bonds. The molecular weight excluding hydrogens is 368 g/mol. The Bertz CT molecular complexity index is 941. The van der Waals surface area contributed by atoms with Crippen LogP contribution < -0.4 is 9.03 Å². The molecule has 0 radical (unpaired) electrons. The van der Waals surface area contributed by atoms with Crippen molar-refractivity contribution in [3.63, 3.8) is 0 Å². The number of benzene rings is 2. The summed E-state index contributed by atoms with van der Waals surface area (Å²) in [4.78, 5) is 23.4. The molecule has 0 bridgehead atoms. The van der Waals surface area contributed by atoms with Crippen molar-refractivity contribution < 1.29 is 24.0 Å². The Kier molecular flexibility index (Phi) is 5.21. The second-order valence-electron chi connectivity index (χ2n) is 7.48. The Hall–Kier alpha value is -2.45. The zero-order chi connectivity index (χ0) is 19.8. The highest BCUT2D eigenvalue weighted by Gasteiger charge is 2.38. The minimum absolute atomic E-state index is 0.0303. The highest BCUT2D eigenvalue weighted by atomic mass is 32.2. The lowest BCUT2D eigenvalue weighted by Crippen LogP contribution is -2.27. The molecule has 8 heteroatoms. The fourth-order valence-electron chi connectivity index (χ4n) is 3.03. The van der Waals surface area contributed by atoms with E-state index in [1.54, 1.807) is 6.07 Å². The van der Waals surface area contributed by atoms with E-state index in [1.165, 1.54) is 6.07 Å². The van der Waals surface area contributed by atoms with E-state index in [1.807, 2.05) is 36.8 Å². The molecule has 2 aromatic carbocycles. The Morgan fingerprint density at radius 1 is 1.15 bits per heavy atom. The third-order valence-corrected chi connectivity index (χ3v) is 5.74. The summed E-state index contributed by atoms with van der Waals surface area (Å²) in [6.07, 6.45) is 2.62. The molecule has 1 heterocycles. The largest absolute Gasteiger partial charge is 0.506 e. The number of nitrogens with one attached hydrogen (secondary N) is 1. The fourth-order valence-corrected chi connectivity index (χ4v) is 3.92. The third-order valence-electron chi connectivity index (χ3n) is 4.69. The Balaban J connectivity index is 1.88. The molecule has 7 nitrogen and oxygen atoms in total. The molecule has 3 rings (SSSR count). The molecule has 1 aliphatic rings. The van der Waals surface area contributed by atoms with Crippen molar-refractivity contribution in [3.8, 4) is 5.75 Å². The predicted molar refractivity (Wildman–Crippen MR) is 103 cm³/mol. The van der Waals surface area contributed by atoms with Gasteiger partial charge in [-0.25, -0.2) is 8.93 Å². The smallest absolute Gasteiger partial charge is 0.330 e. The first-order valence-corrected chi connectivity index (χ1v) is 9.76. The Morgan fingerprint density at radius 2 is 1.89 bits per heavy atom. The van der Waals surface area contributed by atoms with Gasteiger partial charge < -0.3 is 10.2 Å². The zero-order valence-corrected chi connectivity index (χ0v) is 16.0. The maximum atomic E-state index is 12.0. The minimum Gasteiger partial charge on any atom is -0.506 e. The standard InChI is InChI=1S/C19H22N2O5S/c1-19(2,11-22)7-3-4-12-5-6-13-10-16(23)15(9-14(13)8-12)21-18(25)17(24)20-27(21)26/h5-6,8-10,22-23H,3-4,7,11H2,1-2H3,(H,20,24). The van der Waals surface area contributed by atoms with Crippen LogP contribution in [0, 0.1) is 5.41 Å². The van der Waals surface area contributed by atoms with E-state index in [4.69, 9.17) is 0 Å². The van der Waals surface area contributed by atoms with E-state index in [9.17, 15) is 24.0 Å². The second kappa shape index (κ2) is 7.28. The molecule has 1 unspecified atom stereocenters. The second-order valence-corrected chi connectivity index (χ2v) is 8.55. The van der Waals surface area contributed by atoms with E-state index in [-0.39, 0.29) is 23.5 Å². The topological polar surface area (TPSA) is 107 Å². The number of hydrogen-bond donors (Lipinski definition) is 3. The molecule has 0 aromatic heterocycles. The van der Waals surface area contributed by atoms with Gasteiger partial charge in [0.2, 0.25) is 11.2 Å². The fraction of sp³-hybridized carbons (Fsp3) is 0.368. The van der Waals surface area contributed by atoms with Crippen LogP contribution in [0.3, 0.4) is 0 Å². The lowest BCUT2D eigenvalue weighted by Gasteiger charge is -2.21. The first-order valence-electron chi connectivity index (χ1n) is 8.65. The van der Waals surface area contributed by atoms with Crippen molar-refractivity contribution in [1.82, 2.24) is 4.72 Å². The van der Waals surface area contributed by atoms with Crippen molar-refractivity contribution in [2.75, 3.05) is 10.9 Å². The lowest BCUT2D eigenvalue weighted by molar-refractivity contribution is -0.134. The average Bonchev–Trinajstić information content (AvgIpc) is 2.87. The number of aryl methyl sites for hydroxylation is 1. The van der Waals surface area contributed by atoms with Gasteiger partial charge in [-0.05, 0) is 53.1 Å². The van der Waals surface area contributed by atoms with Crippen LogP contribution in [-0.2, 0) is 27.2 Å². The number of aromatic hydroxyl groups is 1. The number of phenolic OH excluding ortho intramolecular Hbond substituents is 1. The van der Waals surface area contributed by atoms with Crippen LogP contribution in [0.4, 0.5) is 5.69 Å². The third kappa shape index (κ3) is 3.96. The summed E-state index contributed by atoms with van der Waals surface area (Å²) in [5.74, 6) is -2.16. The van der Waals surface area contributed by atoms with Crippen molar-refractivity contribution in [1.29, 1.82) is 0 Å². The highest BCUT2D eigenvalue weighted by Crippen LogP contribution is 2.35. The van der Waals surface area contributed by atoms with Gasteiger partial charge in [-0.1, -0.05) is 32.0 Å². The molecule has 0 aliphatic carbocycles. The van der Waals surface area contributed by atoms with Crippen LogP contribution in [0.2, 0.25) is 0 Å². The first-order chi connectivity index (χ1) is 12.7. The molecule has 0 saturated carbocycles. The summed E-state index contributed by atoms with van der Waals surface area (Å²) in [5, 5.41) is 21.1. The number of rotatable bonds is 6. The van der Waals surface area contributed by atoms with Gasteiger partial charge in [0.1, 0.15) is 11.4 Å². The van der Waals surface area contributed by atoms with Crippen LogP contribution in [0.5, 0.6) is 5.75 Å². The van der Waals surface area contributed by atoms with Gasteiger partial charge in [0.15, 0.2) is 0 Å². The van der Waals surface area contributed by atoms with Gasteiger partial charge in [-0.2, -0.15) is 4.31 Å². The molecule has 1 aliphatic heterocycles.